The van der Waals surface area contributed by atoms with E-state index in [0.717, 1.165) is 5.56 Å². The maximum Gasteiger partial charge on any atom is 0.296 e. The Morgan fingerprint density at radius 2 is 1.90 bits per heavy atom. The van der Waals surface area contributed by atoms with Gasteiger partial charge in [-0.05, 0) is 29.3 Å². The molecule has 4 rings (SSSR count). The predicted octanol–water partition coefficient (Wildman–Crippen LogP) is 5.63. The molecule has 0 bridgehead atoms. The Morgan fingerprint density at radius 1 is 1.13 bits per heavy atom. The van der Waals surface area contributed by atoms with Crippen molar-refractivity contribution in [2.75, 3.05) is 4.90 Å². The van der Waals surface area contributed by atoms with Gasteiger partial charge in [-0.25, -0.2) is 4.98 Å². The van der Waals surface area contributed by atoms with Gasteiger partial charge in [0.05, 0.1) is 21.7 Å². The van der Waals surface area contributed by atoms with Gasteiger partial charge < -0.3 is 5.11 Å². The summed E-state index contributed by atoms with van der Waals surface area (Å²) in [5, 5.41) is 13.3. The quantitative estimate of drug-likeness (QED) is 0.504. The van der Waals surface area contributed by atoms with Gasteiger partial charge in [0.2, 0.25) is 0 Å². The number of anilines is 1. The largest absolute Gasteiger partial charge is 0.503 e. The molecule has 0 spiro atoms. The zero-order valence-electron chi connectivity index (χ0n) is 15.3. The van der Waals surface area contributed by atoms with E-state index >= 15 is 0 Å². The third-order valence-electron chi connectivity index (χ3n) is 4.59. The number of benzene rings is 2. The predicted molar refractivity (Wildman–Crippen MR) is 119 cm³/mol. The van der Waals surface area contributed by atoms with Crippen molar-refractivity contribution in [1.82, 2.24) is 4.98 Å². The lowest BCUT2D eigenvalue weighted by Crippen LogP contribution is -2.30. The summed E-state index contributed by atoms with van der Waals surface area (Å²) in [6.45, 7) is 0. The number of carbonyl (C=O) groups excluding carboxylic acids is 2. The summed E-state index contributed by atoms with van der Waals surface area (Å²) in [5.41, 5.74) is 1.31. The molecule has 0 saturated carbocycles. The second kappa shape index (κ2) is 8.44. The van der Waals surface area contributed by atoms with Crippen LogP contribution in [0.25, 0.3) is 6.08 Å². The molecule has 1 unspecified atom stereocenters. The Balaban J connectivity index is 1.79. The van der Waals surface area contributed by atoms with E-state index in [9.17, 15) is 14.7 Å². The van der Waals surface area contributed by atoms with Gasteiger partial charge in [0.25, 0.3) is 5.91 Å². The fourth-order valence-corrected chi connectivity index (χ4v) is 4.19. The zero-order valence-corrected chi connectivity index (χ0v) is 17.7. The van der Waals surface area contributed by atoms with Crippen LogP contribution in [0.4, 0.5) is 5.13 Å². The van der Waals surface area contributed by atoms with Gasteiger partial charge in [-0.3, -0.25) is 14.5 Å². The first-order chi connectivity index (χ1) is 14.5. The third kappa shape index (κ3) is 3.77. The van der Waals surface area contributed by atoms with Crippen LogP contribution >= 0.6 is 34.5 Å². The SMILES string of the molecule is O=C(C=Cc1ccccc1)C1=C(O)C(=O)N(c2nccs2)C1c1ccc(Cl)c(Cl)c1. The Bertz CT molecular complexity index is 1170. The second-order valence-corrected chi connectivity index (χ2v) is 8.12. The average Bonchev–Trinajstić information content (AvgIpc) is 3.36. The topological polar surface area (TPSA) is 70.5 Å². The van der Waals surface area contributed by atoms with Gasteiger partial charge in [-0.15, -0.1) is 11.3 Å². The lowest BCUT2D eigenvalue weighted by Gasteiger charge is -2.24. The van der Waals surface area contributed by atoms with E-state index < -0.39 is 23.5 Å². The number of hydrogen-bond donors (Lipinski definition) is 1. The number of allylic oxidation sites excluding steroid dienone is 1. The number of hydrogen-bond acceptors (Lipinski definition) is 5. The standard InChI is InChI=1S/C22H14Cl2N2O3S/c23-15-8-7-14(12-16(15)24)19-18(17(27)9-6-13-4-2-1-3-5-13)20(28)21(29)26(19)22-25-10-11-30-22/h1-12,19,28H. The van der Waals surface area contributed by atoms with Crippen LogP contribution in [0.1, 0.15) is 17.2 Å². The minimum absolute atomic E-state index is 0.0410. The first-order valence-corrected chi connectivity index (χ1v) is 10.5. The number of carbonyl (C=O) groups is 2. The molecule has 1 atom stereocenters. The number of amides is 1. The average molecular weight is 457 g/mol. The van der Waals surface area contributed by atoms with Gasteiger partial charge in [0, 0.05) is 11.6 Å². The second-order valence-electron chi connectivity index (χ2n) is 6.44. The minimum atomic E-state index is -0.883. The molecule has 30 heavy (non-hydrogen) atoms. The van der Waals surface area contributed by atoms with Crippen LogP contribution in [-0.2, 0) is 9.59 Å². The maximum atomic E-state index is 13.1. The number of aliphatic hydroxyl groups is 1. The summed E-state index contributed by atoms with van der Waals surface area (Å²) in [4.78, 5) is 31.4. The van der Waals surface area contributed by atoms with E-state index in [1.54, 1.807) is 35.9 Å². The first-order valence-electron chi connectivity index (χ1n) is 8.86. The summed E-state index contributed by atoms with van der Waals surface area (Å²) in [5.74, 6) is -1.79. The van der Waals surface area contributed by atoms with Crippen molar-refractivity contribution in [3.8, 4) is 0 Å². The van der Waals surface area contributed by atoms with Crippen LogP contribution in [-0.4, -0.2) is 21.8 Å². The van der Waals surface area contributed by atoms with Crippen LogP contribution in [0.5, 0.6) is 0 Å². The summed E-state index contributed by atoms with van der Waals surface area (Å²) in [7, 11) is 0. The van der Waals surface area contributed by atoms with Gasteiger partial charge in [-0.1, -0.05) is 65.7 Å². The highest BCUT2D eigenvalue weighted by Crippen LogP contribution is 2.42. The highest BCUT2D eigenvalue weighted by atomic mass is 35.5. The number of ketones is 1. The molecule has 1 aliphatic heterocycles. The molecule has 0 fully saturated rings. The molecule has 3 aromatic rings. The molecule has 1 aromatic heterocycles. The van der Waals surface area contributed by atoms with Crippen LogP contribution < -0.4 is 4.90 Å². The van der Waals surface area contributed by atoms with Gasteiger partial charge in [0.15, 0.2) is 16.7 Å². The highest BCUT2D eigenvalue weighted by Gasteiger charge is 2.45. The van der Waals surface area contributed by atoms with Crippen molar-refractivity contribution < 1.29 is 14.7 Å². The molecule has 0 aliphatic carbocycles. The first kappa shape index (κ1) is 20.3. The maximum absolute atomic E-state index is 13.1. The summed E-state index contributed by atoms with van der Waals surface area (Å²) in [6.07, 6.45) is 4.51. The Labute approximate surface area is 186 Å². The third-order valence-corrected chi connectivity index (χ3v) is 6.09. The zero-order chi connectivity index (χ0) is 21.3. The molecular formula is C22H14Cl2N2O3S. The van der Waals surface area contributed by atoms with Crippen molar-refractivity contribution in [2.45, 2.75) is 6.04 Å². The molecule has 8 heteroatoms. The monoisotopic (exact) mass is 456 g/mol. The molecule has 1 amide bonds. The summed E-state index contributed by atoms with van der Waals surface area (Å²) >= 11 is 13.4. The molecule has 5 nitrogen and oxygen atoms in total. The molecule has 1 aliphatic rings. The van der Waals surface area contributed by atoms with E-state index in [-0.39, 0.29) is 10.6 Å². The lowest BCUT2D eigenvalue weighted by molar-refractivity contribution is -0.117. The normalized spacial score (nSPS) is 16.7. The Morgan fingerprint density at radius 3 is 2.57 bits per heavy atom. The Hall–Kier alpha value is -2.93. The van der Waals surface area contributed by atoms with Gasteiger partial charge >= 0.3 is 0 Å². The fourth-order valence-electron chi connectivity index (χ4n) is 3.21. The molecule has 150 valence electrons. The van der Waals surface area contributed by atoms with E-state index in [1.165, 1.54) is 22.3 Å². The van der Waals surface area contributed by atoms with Crippen LogP contribution in [0, 0.1) is 0 Å². The van der Waals surface area contributed by atoms with Gasteiger partial charge in [-0.2, -0.15) is 0 Å². The van der Waals surface area contributed by atoms with Crippen LogP contribution in [0.3, 0.4) is 0 Å². The lowest BCUT2D eigenvalue weighted by atomic mass is 9.96. The van der Waals surface area contributed by atoms with Crippen molar-refractivity contribution in [3.05, 3.63) is 98.7 Å². The number of halogens is 2. The van der Waals surface area contributed by atoms with E-state index in [0.29, 0.717) is 15.7 Å². The number of rotatable bonds is 5. The number of aliphatic hydroxyl groups excluding tert-OH is 1. The summed E-state index contributed by atoms with van der Waals surface area (Å²) < 4.78 is 0. The molecule has 0 saturated heterocycles. The molecule has 0 radical (unpaired) electrons. The van der Waals surface area contributed by atoms with Crippen molar-refractivity contribution in [2.24, 2.45) is 0 Å². The number of nitrogens with zero attached hydrogens (tertiary/aromatic N) is 2. The van der Waals surface area contributed by atoms with Crippen molar-refractivity contribution in [3.63, 3.8) is 0 Å². The van der Waals surface area contributed by atoms with E-state index in [4.69, 9.17) is 23.2 Å². The Kier molecular flexibility index (Phi) is 5.72. The van der Waals surface area contributed by atoms with Crippen LogP contribution in [0.15, 0.2) is 77.5 Å². The molecule has 2 heterocycles. The number of aromatic nitrogens is 1. The molecule has 2 aromatic carbocycles. The summed E-state index contributed by atoms with van der Waals surface area (Å²) in [6, 6.07) is 13.2. The van der Waals surface area contributed by atoms with E-state index in [1.807, 2.05) is 30.3 Å². The number of thiazole rings is 1. The molecular weight excluding hydrogens is 443 g/mol. The van der Waals surface area contributed by atoms with Crippen LogP contribution in [0.2, 0.25) is 10.0 Å². The highest BCUT2D eigenvalue weighted by molar-refractivity contribution is 7.13. The van der Waals surface area contributed by atoms with Crippen molar-refractivity contribution >= 4 is 57.4 Å². The van der Waals surface area contributed by atoms with Crippen molar-refractivity contribution in [1.29, 1.82) is 0 Å². The van der Waals surface area contributed by atoms with Gasteiger partial charge in [0.1, 0.15) is 0 Å². The molecule has 1 N–H and O–H groups in total. The smallest absolute Gasteiger partial charge is 0.296 e. The van der Waals surface area contributed by atoms with E-state index in [2.05, 4.69) is 4.98 Å². The minimum Gasteiger partial charge on any atom is -0.503 e. The fraction of sp³-hybridized carbons (Fsp3) is 0.0455.